The topological polar surface area (TPSA) is 55.1 Å². The first-order valence-electron chi connectivity index (χ1n) is 7.25. The first kappa shape index (κ1) is 16.4. The van der Waals surface area contributed by atoms with Crippen LogP contribution < -0.4 is 5.32 Å². The second-order valence-corrected chi connectivity index (χ2v) is 6.12. The Morgan fingerprint density at radius 2 is 2.08 bits per heavy atom. The second-order valence-electron chi connectivity index (χ2n) is 5.19. The second kappa shape index (κ2) is 7.00. The Labute approximate surface area is 141 Å². The highest BCUT2D eigenvalue weighted by molar-refractivity contribution is 7.99. The monoisotopic (exact) mass is 348 g/mol. The molecule has 0 aliphatic heterocycles. The summed E-state index contributed by atoms with van der Waals surface area (Å²) in [5.41, 5.74) is 1.61. The van der Waals surface area contributed by atoms with Gasteiger partial charge in [0.25, 0.3) is 5.22 Å². The number of amides is 1. The molecule has 0 spiro atoms. The van der Waals surface area contributed by atoms with Crippen molar-refractivity contribution < 1.29 is 18.0 Å². The molecule has 24 heavy (non-hydrogen) atoms. The zero-order valence-corrected chi connectivity index (χ0v) is 13.6. The van der Waals surface area contributed by atoms with E-state index in [9.17, 15) is 13.6 Å². The number of nitrogens with zero attached hydrogens (tertiary/aromatic N) is 1. The van der Waals surface area contributed by atoms with E-state index in [1.54, 1.807) is 13.0 Å². The van der Waals surface area contributed by atoms with Crippen LogP contribution in [0.25, 0.3) is 11.1 Å². The largest absolute Gasteiger partial charge is 0.431 e. The summed E-state index contributed by atoms with van der Waals surface area (Å²) < 4.78 is 32.1. The fraction of sp³-hybridized carbons (Fsp3) is 0.176. The van der Waals surface area contributed by atoms with Crippen molar-refractivity contribution in [3.05, 3.63) is 59.7 Å². The molecule has 1 unspecified atom stereocenters. The quantitative estimate of drug-likeness (QED) is 0.706. The highest BCUT2D eigenvalue weighted by atomic mass is 32.2. The lowest BCUT2D eigenvalue weighted by atomic mass is 10.1. The Bertz CT molecular complexity index is 849. The number of carbonyl (C=O) groups is 1. The molecule has 0 saturated heterocycles. The van der Waals surface area contributed by atoms with E-state index in [1.165, 1.54) is 6.07 Å². The van der Waals surface area contributed by atoms with Gasteiger partial charge in [-0.25, -0.2) is 13.8 Å². The van der Waals surface area contributed by atoms with Gasteiger partial charge in [-0.2, -0.15) is 0 Å². The molecule has 124 valence electrons. The molecule has 1 N–H and O–H groups in total. The van der Waals surface area contributed by atoms with Crippen molar-refractivity contribution in [2.75, 3.05) is 5.75 Å². The van der Waals surface area contributed by atoms with Gasteiger partial charge >= 0.3 is 0 Å². The molecule has 1 heterocycles. The Morgan fingerprint density at radius 1 is 1.29 bits per heavy atom. The Hall–Kier alpha value is -2.41. The molecule has 2 aromatic carbocycles. The van der Waals surface area contributed by atoms with Crippen molar-refractivity contribution >= 4 is 28.8 Å². The van der Waals surface area contributed by atoms with Gasteiger partial charge in [-0.3, -0.25) is 4.79 Å². The van der Waals surface area contributed by atoms with Crippen LogP contribution in [-0.2, 0) is 4.79 Å². The van der Waals surface area contributed by atoms with Crippen molar-refractivity contribution in [1.29, 1.82) is 0 Å². The number of para-hydroxylation sites is 2. The molecule has 0 fully saturated rings. The number of oxazole rings is 1. The molecule has 0 aliphatic rings. The van der Waals surface area contributed by atoms with Crippen LogP contribution in [0.5, 0.6) is 0 Å². The third-order valence-corrected chi connectivity index (χ3v) is 4.24. The molecule has 3 aromatic rings. The van der Waals surface area contributed by atoms with Crippen LogP contribution in [0.15, 0.2) is 52.1 Å². The predicted molar refractivity (Wildman–Crippen MR) is 87.6 cm³/mol. The van der Waals surface area contributed by atoms with E-state index in [0.717, 1.165) is 29.4 Å². The maximum Gasteiger partial charge on any atom is 0.257 e. The number of benzene rings is 2. The molecule has 3 rings (SSSR count). The minimum Gasteiger partial charge on any atom is -0.431 e. The van der Waals surface area contributed by atoms with Crippen LogP contribution in [0, 0.1) is 11.6 Å². The zero-order valence-electron chi connectivity index (χ0n) is 12.8. The fourth-order valence-corrected chi connectivity index (χ4v) is 2.90. The van der Waals surface area contributed by atoms with Crippen LogP contribution in [0.2, 0.25) is 0 Å². The number of nitrogens with one attached hydrogen (secondary N) is 1. The molecule has 7 heteroatoms. The van der Waals surface area contributed by atoms with Gasteiger partial charge in [-0.1, -0.05) is 30.0 Å². The number of aromatic nitrogens is 1. The average Bonchev–Trinajstić information content (AvgIpc) is 2.95. The minimum absolute atomic E-state index is 0.0833. The molecule has 1 atom stereocenters. The number of hydrogen-bond acceptors (Lipinski definition) is 4. The van der Waals surface area contributed by atoms with Gasteiger partial charge in [0, 0.05) is 11.6 Å². The fourth-order valence-electron chi connectivity index (χ4n) is 2.25. The number of halogens is 2. The number of thioether (sulfide) groups is 1. The summed E-state index contributed by atoms with van der Waals surface area (Å²) in [7, 11) is 0. The van der Waals surface area contributed by atoms with Crippen LogP contribution in [0.3, 0.4) is 0 Å². The maximum absolute atomic E-state index is 13.7. The van der Waals surface area contributed by atoms with Gasteiger partial charge in [-0.05, 0) is 25.1 Å². The van der Waals surface area contributed by atoms with Crippen LogP contribution in [0.4, 0.5) is 8.78 Å². The highest BCUT2D eigenvalue weighted by Gasteiger charge is 2.15. The number of hydrogen-bond donors (Lipinski definition) is 1. The highest BCUT2D eigenvalue weighted by Crippen LogP contribution is 2.23. The summed E-state index contributed by atoms with van der Waals surface area (Å²) in [6.07, 6.45) is 0. The normalized spacial score (nSPS) is 12.3. The summed E-state index contributed by atoms with van der Waals surface area (Å²) in [6.45, 7) is 1.64. The maximum atomic E-state index is 13.7. The van der Waals surface area contributed by atoms with Gasteiger partial charge in [0.15, 0.2) is 5.58 Å². The molecule has 1 aromatic heterocycles. The molecule has 0 radical (unpaired) electrons. The smallest absolute Gasteiger partial charge is 0.257 e. The third-order valence-electron chi connectivity index (χ3n) is 3.41. The van der Waals surface area contributed by atoms with E-state index < -0.39 is 17.7 Å². The van der Waals surface area contributed by atoms with Crippen molar-refractivity contribution in [2.24, 2.45) is 0 Å². The van der Waals surface area contributed by atoms with E-state index in [1.807, 2.05) is 18.2 Å². The number of rotatable bonds is 5. The van der Waals surface area contributed by atoms with E-state index in [0.29, 0.717) is 10.8 Å². The van der Waals surface area contributed by atoms with Crippen molar-refractivity contribution in [3.8, 4) is 0 Å². The standard InChI is InChI=1S/C17H14F2N2O2S/c1-10(12-7-6-11(18)8-13(12)19)20-16(22)9-24-17-21-14-4-2-3-5-15(14)23-17/h2-8,10H,9H2,1H3,(H,20,22). The minimum atomic E-state index is -0.686. The van der Waals surface area contributed by atoms with Gasteiger partial charge in [0.05, 0.1) is 11.8 Å². The molecular formula is C17H14F2N2O2S. The van der Waals surface area contributed by atoms with Gasteiger partial charge in [0.1, 0.15) is 17.2 Å². The molecular weight excluding hydrogens is 334 g/mol. The van der Waals surface area contributed by atoms with Crippen LogP contribution in [0.1, 0.15) is 18.5 Å². The Kier molecular flexibility index (Phi) is 4.80. The van der Waals surface area contributed by atoms with E-state index in [2.05, 4.69) is 10.3 Å². The van der Waals surface area contributed by atoms with Gasteiger partial charge < -0.3 is 9.73 Å². The number of carbonyl (C=O) groups excluding carboxylic acids is 1. The lowest BCUT2D eigenvalue weighted by molar-refractivity contribution is -0.119. The molecule has 0 saturated carbocycles. The summed E-state index contributed by atoms with van der Waals surface area (Å²) in [5.74, 6) is -1.55. The summed E-state index contributed by atoms with van der Waals surface area (Å²) in [5, 5.41) is 3.06. The Morgan fingerprint density at radius 3 is 2.83 bits per heavy atom. The number of fused-ring (bicyclic) bond motifs is 1. The van der Waals surface area contributed by atoms with E-state index in [-0.39, 0.29) is 17.2 Å². The lowest BCUT2D eigenvalue weighted by Gasteiger charge is -2.14. The van der Waals surface area contributed by atoms with Crippen LogP contribution in [-0.4, -0.2) is 16.6 Å². The third kappa shape index (κ3) is 3.73. The predicted octanol–water partition coefficient (Wildman–Crippen LogP) is 4.08. The average molecular weight is 348 g/mol. The van der Waals surface area contributed by atoms with Crippen molar-refractivity contribution in [1.82, 2.24) is 10.3 Å². The SMILES string of the molecule is CC(NC(=O)CSc1nc2ccccc2o1)c1ccc(F)cc1F. The summed E-state index contributed by atoms with van der Waals surface area (Å²) in [6, 6.07) is 10.0. The van der Waals surface area contributed by atoms with Gasteiger partial charge in [0.2, 0.25) is 5.91 Å². The van der Waals surface area contributed by atoms with Crippen LogP contribution >= 0.6 is 11.8 Å². The van der Waals surface area contributed by atoms with Crippen molar-refractivity contribution in [2.45, 2.75) is 18.2 Å². The lowest BCUT2D eigenvalue weighted by Crippen LogP contribution is -2.28. The Balaban J connectivity index is 1.58. The zero-order chi connectivity index (χ0) is 17.1. The first-order valence-corrected chi connectivity index (χ1v) is 8.24. The van der Waals surface area contributed by atoms with Crippen molar-refractivity contribution in [3.63, 3.8) is 0 Å². The van der Waals surface area contributed by atoms with E-state index >= 15 is 0 Å². The summed E-state index contributed by atoms with van der Waals surface area (Å²) in [4.78, 5) is 16.3. The molecule has 4 nitrogen and oxygen atoms in total. The molecule has 1 amide bonds. The molecule has 0 aliphatic carbocycles. The molecule has 0 bridgehead atoms. The van der Waals surface area contributed by atoms with Gasteiger partial charge in [-0.15, -0.1) is 0 Å². The summed E-state index contributed by atoms with van der Waals surface area (Å²) >= 11 is 1.15. The van der Waals surface area contributed by atoms with E-state index in [4.69, 9.17) is 4.42 Å². The first-order chi connectivity index (χ1) is 11.5.